The monoisotopic (exact) mass is 255 g/mol. The molecule has 1 aliphatic carbocycles. The van der Waals surface area contributed by atoms with E-state index in [9.17, 15) is 9.59 Å². The number of carbonyl (C=O) groups excluding carboxylic acids is 1. The van der Waals surface area contributed by atoms with E-state index in [-0.39, 0.29) is 18.2 Å². The SMILES string of the molecule is CCC1CCC(C(=O)N(CC)CCC(=O)O)CC1. The van der Waals surface area contributed by atoms with Gasteiger partial charge in [-0.25, -0.2) is 0 Å². The topological polar surface area (TPSA) is 57.6 Å². The summed E-state index contributed by atoms with van der Waals surface area (Å²) in [5.41, 5.74) is 0. The van der Waals surface area contributed by atoms with Crippen LogP contribution in [0, 0.1) is 11.8 Å². The molecule has 4 nitrogen and oxygen atoms in total. The van der Waals surface area contributed by atoms with Gasteiger partial charge in [-0.05, 0) is 38.5 Å². The lowest BCUT2D eigenvalue weighted by molar-refractivity contribution is -0.140. The van der Waals surface area contributed by atoms with E-state index in [0.717, 1.165) is 31.6 Å². The van der Waals surface area contributed by atoms with E-state index in [4.69, 9.17) is 5.11 Å². The predicted octanol–water partition coefficient (Wildman–Crippen LogP) is 2.53. The van der Waals surface area contributed by atoms with Gasteiger partial charge in [0, 0.05) is 19.0 Å². The van der Waals surface area contributed by atoms with E-state index >= 15 is 0 Å². The molecule has 1 rings (SSSR count). The minimum atomic E-state index is -0.837. The molecule has 1 fully saturated rings. The van der Waals surface area contributed by atoms with Gasteiger partial charge in [0.2, 0.25) is 5.91 Å². The molecule has 1 N–H and O–H groups in total. The van der Waals surface area contributed by atoms with Gasteiger partial charge in [-0.3, -0.25) is 9.59 Å². The van der Waals surface area contributed by atoms with Crippen molar-refractivity contribution in [2.45, 2.75) is 52.4 Å². The molecule has 0 aromatic rings. The number of carbonyl (C=O) groups is 2. The second kappa shape index (κ2) is 7.39. The van der Waals surface area contributed by atoms with Crippen LogP contribution in [0.3, 0.4) is 0 Å². The minimum absolute atomic E-state index is 0.0455. The molecular formula is C14H25NO3. The number of amides is 1. The van der Waals surface area contributed by atoms with Crippen LogP contribution in [0.2, 0.25) is 0 Å². The molecule has 0 heterocycles. The fourth-order valence-electron chi connectivity index (χ4n) is 2.73. The first-order chi connectivity index (χ1) is 8.58. The Kier molecular flexibility index (Phi) is 6.16. The van der Waals surface area contributed by atoms with Crippen molar-refractivity contribution >= 4 is 11.9 Å². The lowest BCUT2D eigenvalue weighted by Crippen LogP contribution is -2.38. The van der Waals surface area contributed by atoms with E-state index in [1.54, 1.807) is 4.90 Å². The highest BCUT2D eigenvalue weighted by atomic mass is 16.4. The van der Waals surface area contributed by atoms with E-state index in [1.165, 1.54) is 6.42 Å². The van der Waals surface area contributed by atoms with Crippen molar-refractivity contribution in [1.29, 1.82) is 0 Å². The number of hydrogen-bond donors (Lipinski definition) is 1. The Bertz CT molecular complexity index is 283. The first-order valence-electron chi connectivity index (χ1n) is 7.09. The number of aliphatic carboxylic acids is 1. The zero-order valence-corrected chi connectivity index (χ0v) is 11.5. The molecule has 1 saturated carbocycles. The number of carboxylic acid groups (broad SMARTS) is 1. The van der Waals surface area contributed by atoms with Crippen LogP contribution in [-0.2, 0) is 9.59 Å². The molecule has 1 amide bonds. The van der Waals surface area contributed by atoms with Crippen LogP contribution in [-0.4, -0.2) is 35.0 Å². The second-order valence-corrected chi connectivity index (χ2v) is 5.19. The smallest absolute Gasteiger partial charge is 0.305 e. The Hall–Kier alpha value is -1.06. The minimum Gasteiger partial charge on any atom is -0.481 e. The normalized spacial score (nSPS) is 23.7. The third kappa shape index (κ3) is 4.31. The fraction of sp³-hybridized carbons (Fsp3) is 0.857. The van der Waals surface area contributed by atoms with Crippen molar-refractivity contribution in [2.75, 3.05) is 13.1 Å². The molecule has 0 aliphatic heterocycles. The molecule has 0 bridgehead atoms. The first kappa shape index (κ1) is 15.0. The molecule has 1 aliphatic rings. The van der Waals surface area contributed by atoms with Crippen LogP contribution >= 0.6 is 0 Å². The summed E-state index contributed by atoms with van der Waals surface area (Å²) in [6, 6.07) is 0. The van der Waals surface area contributed by atoms with Gasteiger partial charge in [-0.1, -0.05) is 13.3 Å². The molecule has 0 radical (unpaired) electrons. The van der Waals surface area contributed by atoms with Crippen LogP contribution in [0.25, 0.3) is 0 Å². The summed E-state index contributed by atoms with van der Waals surface area (Å²) in [4.78, 5) is 24.5. The molecule has 0 saturated heterocycles. The Balaban J connectivity index is 2.44. The molecule has 0 aromatic heterocycles. The lowest BCUT2D eigenvalue weighted by atomic mass is 9.80. The Morgan fingerprint density at radius 3 is 2.22 bits per heavy atom. The molecule has 4 heteroatoms. The summed E-state index contributed by atoms with van der Waals surface area (Å²) in [5.74, 6) is 0.230. The van der Waals surface area contributed by atoms with Crippen molar-refractivity contribution in [1.82, 2.24) is 4.90 Å². The van der Waals surface area contributed by atoms with E-state index in [0.29, 0.717) is 13.1 Å². The predicted molar refractivity (Wildman–Crippen MR) is 70.2 cm³/mol. The first-order valence-corrected chi connectivity index (χ1v) is 7.09. The lowest BCUT2D eigenvalue weighted by Gasteiger charge is -2.31. The van der Waals surface area contributed by atoms with Crippen LogP contribution < -0.4 is 0 Å². The largest absolute Gasteiger partial charge is 0.481 e. The Morgan fingerprint density at radius 2 is 1.78 bits per heavy atom. The van der Waals surface area contributed by atoms with Gasteiger partial charge in [-0.2, -0.15) is 0 Å². The summed E-state index contributed by atoms with van der Waals surface area (Å²) >= 11 is 0. The summed E-state index contributed by atoms with van der Waals surface area (Å²) in [6.07, 6.45) is 5.48. The molecule has 18 heavy (non-hydrogen) atoms. The van der Waals surface area contributed by atoms with E-state index in [1.807, 2.05) is 6.92 Å². The van der Waals surface area contributed by atoms with E-state index in [2.05, 4.69) is 6.92 Å². The van der Waals surface area contributed by atoms with Crippen molar-refractivity contribution in [2.24, 2.45) is 11.8 Å². The van der Waals surface area contributed by atoms with Crippen molar-refractivity contribution in [3.63, 3.8) is 0 Å². The quantitative estimate of drug-likeness (QED) is 0.793. The Morgan fingerprint density at radius 1 is 1.17 bits per heavy atom. The number of rotatable bonds is 6. The third-order valence-electron chi connectivity index (χ3n) is 4.06. The number of hydrogen-bond acceptors (Lipinski definition) is 2. The maximum atomic E-state index is 12.3. The molecule has 0 atom stereocenters. The van der Waals surface area contributed by atoms with Crippen LogP contribution in [0.1, 0.15) is 52.4 Å². The zero-order chi connectivity index (χ0) is 13.5. The van der Waals surface area contributed by atoms with Crippen LogP contribution in [0.15, 0.2) is 0 Å². The highest BCUT2D eigenvalue weighted by molar-refractivity contribution is 5.79. The zero-order valence-electron chi connectivity index (χ0n) is 11.5. The molecular weight excluding hydrogens is 230 g/mol. The average Bonchev–Trinajstić information content (AvgIpc) is 2.39. The molecule has 0 aromatic carbocycles. The maximum Gasteiger partial charge on any atom is 0.305 e. The number of carboxylic acids is 1. The van der Waals surface area contributed by atoms with Gasteiger partial charge >= 0.3 is 5.97 Å². The molecule has 0 unspecified atom stereocenters. The third-order valence-corrected chi connectivity index (χ3v) is 4.06. The standard InChI is InChI=1S/C14H25NO3/c1-3-11-5-7-12(8-6-11)14(18)15(4-2)10-9-13(16)17/h11-12H,3-10H2,1-2H3,(H,16,17). The summed E-state index contributed by atoms with van der Waals surface area (Å²) in [5, 5.41) is 8.68. The van der Waals surface area contributed by atoms with Crippen molar-refractivity contribution in [3.8, 4) is 0 Å². The fourth-order valence-corrected chi connectivity index (χ4v) is 2.73. The van der Waals surface area contributed by atoms with Crippen LogP contribution in [0.5, 0.6) is 0 Å². The van der Waals surface area contributed by atoms with Gasteiger partial charge in [-0.15, -0.1) is 0 Å². The van der Waals surface area contributed by atoms with Gasteiger partial charge in [0.15, 0.2) is 0 Å². The van der Waals surface area contributed by atoms with Gasteiger partial charge in [0.05, 0.1) is 6.42 Å². The van der Waals surface area contributed by atoms with Gasteiger partial charge < -0.3 is 10.0 Å². The molecule has 104 valence electrons. The highest BCUT2D eigenvalue weighted by Gasteiger charge is 2.28. The average molecular weight is 255 g/mol. The summed E-state index contributed by atoms with van der Waals surface area (Å²) < 4.78 is 0. The summed E-state index contributed by atoms with van der Waals surface area (Å²) in [6.45, 7) is 5.08. The van der Waals surface area contributed by atoms with Gasteiger partial charge in [0.25, 0.3) is 0 Å². The number of nitrogens with zero attached hydrogens (tertiary/aromatic N) is 1. The Labute approximate surface area is 109 Å². The van der Waals surface area contributed by atoms with Crippen molar-refractivity contribution < 1.29 is 14.7 Å². The molecule has 0 spiro atoms. The van der Waals surface area contributed by atoms with Crippen LogP contribution in [0.4, 0.5) is 0 Å². The summed E-state index contributed by atoms with van der Waals surface area (Å²) in [7, 11) is 0. The highest BCUT2D eigenvalue weighted by Crippen LogP contribution is 2.31. The van der Waals surface area contributed by atoms with Crippen molar-refractivity contribution in [3.05, 3.63) is 0 Å². The maximum absolute atomic E-state index is 12.3. The van der Waals surface area contributed by atoms with Gasteiger partial charge in [0.1, 0.15) is 0 Å². The second-order valence-electron chi connectivity index (χ2n) is 5.19. The van der Waals surface area contributed by atoms with E-state index < -0.39 is 5.97 Å².